The number of anilines is 3. The van der Waals surface area contributed by atoms with Gasteiger partial charge in [0.25, 0.3) is 0 Å². The molecule has 0 unspecified atom stereocenters. The maximum Gasteiger partial charge on any atom is 0.136 e. The summed E-state index contributed by atoms with van der Waals surface area (Å²) in [6.07, 6.45) is 2.31. The lowest BCUT2D eigenvalue weighted by Gasteiger charge is -2.12. The highest BCUT2D eigenvalue weighted by molar-refractivity contribution is 6.39. The van der Waals surface area contributed by atoms with Crippen molar-refractivity contribution < 1.29 is 0 Å². The maximum atomic E-state index is 6.19. The molecule has 6 heteroatoms. The fourth-order valence-corrected chi connectivity index (χ4v) is 2.56. The highest BCUT2D eigenvalue weighted by Crippen LogP contribution is 2.39. The second-order valence-electron chi connectivity index (χ2n) is 5.02. The van der Waals surface area contributed by atoms with E-state index < -0.39 is 0 Å². The van der Waals surface area contributed by atoms with E-state index in [-0.39, 0.29) is 0 Å². The third kappa shape index (κ3) is 3.39. The molecule has 21 heavy (non-hydrogen) atoms. The second kappa shape index (κ2) is 6.08. The molecular formula is C15H16Cl2N4. The Morgan fingerprint density at radius 3 is 2.43 bits per heavy atom. The van der Waals surface area contributed by atoms with E-state index in [0.717, 1.165) is 31.0 Å². The summed E-state index contributed by atoms with van der Waals surface area (Å²) in [5.74, 6) is 2.88. The number of hydrogen-bond donors (Lipinski definition) is 2. The highest BCUT2D eigenvalue weighted by atomic mass is 35.5. The van der Waals surface area contributed by atoms with Crippen molar-refractivity contribution in [1.82, 2.24) is 9.97 Å². The van der Waals surface area contributed by atoms with E-state index in [2.05, 4.69) is 20.6 Å². The summed E-state index contributed by atoms with van der Waals surface area (Å²) in [7, 11) is 0. The van der Waals surface area contributed by atoms with Gasteiger partial charge in [-0.05, 0) is 31.9 Å². The number of para-hydroxylation sites is 1. The van der Waals surface area contributed by atoms with Crippen molar-refractivity contribution in [3.8, 4) is 0 Å². The Morgan fingerprint density at radius 2 is 1.81 bits per heavy atom. The molecule has 0 bridgehead atoms. The first-order valence-corrected chi connectivity index (χ1v) is 7.77. The Labute approximate surface area is 133 Å². The lowest BCUT2D eigenvalue weighted by Crippen LogP contribution is -2.06. The van der Waals surface area contributed by atoms with Crippen LogP contribution in [0.15, 0.2) is 24.3 Å². The second-order valence-corrected chi connectivity index (χ2v) is 5.84. The van der Waals surface area contributed by atoms with E-state index in [1.54, 1.807) is 12.1 Å². The van der Waals surface area contributed by atoms with Gasteiger partial charge in [-0.15, -0.1) is 0 Å². The molecule has 0 aliphatic heterocycles. The van der Waals surface area contributed by atoms with Crippen molar-refractivity contribution in [3.63, 3.8) is 0 Å². The van der Waals surface area contributed by atoms with E-state index in [9.17, 15) is 0 Å². The fraction of sp³-hybridized carbons (Fsp3) is 0.333. The third-order valence-electron chi connectivity index (χ3n) is 3.26. The van der Waals surface area contributed by atoms with E-state index in [1.807, 2.05) is 19.1 Å². The summed E-state index contributed by atoms with van der Waals surface area (Å²) in [4.78, 5) is 9.12. The summed E-state index contributed by atoms with van der Waals surface area (Å²) >= 11 is 12.4. The zero-order chi connectivity index (χ0) is 14.8. The van der Waals surface area contributed by atoms with Crippen LogP contribution in [0.4, 0.5) is 17.3 Å². The molecule has 0 amide bonds. The van der Waals surface area contributed by atoms with Gasteiger partial charge in [0, 0.05) is 18.5 Å². The van der Waals surface area contributed by atoms with Crippen LogP contribution in [0, 0.1) is 0 Å². The monoisotopic (exact) mass is 322 g/mol. The standard InChI is InChI=1S/C15H16Cl2N4/c1-2-18-12-8-13(21-15(20-12)9-6-7-9)19-14-10(16)4-3-5-11(14)17/h3-5,8-9H,2,6-7H2,1H3,(H2,18,19,20,21). The molecule has 1 saturated carbocycles. The summed E-state index contributed by atoms with van der Waals surface area (Å²) in [6.45, 7) is 2.85. The highest BCUT2D eigenvalue weighted by Gasteiger charge is 2.27. The van der Waals surface area contributed by atoms with Gasteiger partial charge in [0.1, 0.15) is 17.5 Å². The molecule has 0 saturated heterocycles. The van der Waals surface area contributed by atoms with Gasteiger partial charge in [0.15, 0.2) is 0 Å². The molecule has 4 nitrogen and oxygen atoms in total. The van der Waals surface area contributed by atoms with Crippen molar-refractivity contribution >= 4 is 40.5 Å². The van der Waals surface area contributed by atoms with Gasteiger partial charge in [0.05, 0.1) is 15.7 Å². The molecule has 1 aromatic heterocycles. The zero-order valence-corrected chi connectivity index (χ0v) is 13.2. The first kappa shape index (κ1) is 14.4. The number of hydrogen-bond acceptors (Lipinski definition) is 4. The summed E-state index contributed by atoms with van der Waals surface area (Å²) < 4.78 is 0. The number of benzene rings is 1. The van der Waals surface area contributed by atoms with E-state index in [1.165, 1.54) is 0 Å². The molecule has 0 spiro atoms. The predicted octanol–water partition coefficient (Wildman–Crippen LogP) is 4.84. The normalized spacial score (nSPS) is 14.0. The minimum atomic E-state index is 0.478. The average molecular weight is 323 g/mol. The Kier molecular flexibility index (Phi) is 4.17. The van der Waals surface area contributed by atoms with Crippen molar-refractivity contribution in [2.45, 2.75) is 25.7 Å². The molecule has 1 fully saturated rings. The number of aromatic nitrogens is 2. The van der Waals surface area contributed by atoms with Crippen molar-refractivity contribution in [2.75, 3.05) is 17.2 Å². The lowest BCUT2D eigenvalue weighted by atomic mass is 10.3. The van der Waals surface area contributed by atoms with Gasteiger partial charge in [-0.2, -0.15) is 0 Å². The molecule has 110 valence electrons. The summed E-state index contributed by atoms with van der Waals surface area (Å²) in [6, 6.07) is 7.28. The van der Waals surface area contributed by atoms with Gasteiger partial charge >= 0.3 is 0 Å². The zero-order valence-electron chi connectivity index (χ0n) is 11.7. The van der Waals surface area contributed by atoms with Gasteiger partial charge in [-0.25, -0.2) is 9.97 Å². The van der Waals surface area contributed by atoms with Crippen molar-refractivity contribution in [2.24, 2.45) is 0 Å². The number of nitrogens with zero attached hydrogens (tertiary/aromatic N) is 2. The van der Waals surface area contributed by atoms with Crippen LogP contribution in [0.1, 0.15) is 31.5 Å². The Bertz CT molecular complexity index is 636. The smallest absolute Gasteiger partial charge is 0.136 e. The quantitative estimate of drug-likeness (QED) is 0.827. The van der Waals surface area contributed by atoms with E-state index >= 15 is 0 Å². The van der Waals surface area contributed by atoms with Crippen LogP contribution in [0.3, 0.4) is 0 Å². The Morgan fingerprint density at radius 1 is 1.14 bits per heavy atom. The molecule has 0 atom stereocenters. The molecular weight excluding hydrogens is 307 g/mol. The summed E-state index contributed by atoms with van der Waals surface area (Å²) in [5.41, 5.74) is 0.670. The molecule has 3 rings (SSSR count). The minimum absolute atomic E-state index is 0.478. The minimum Gasteiger partial charge on any atom is -0.370 e. The number of halogens is 2. The van der Waals surface area contributed by atoms with Gasteiger partial charge in [0.2, 0.25) is 0 Å². The van der Waals surface area contributed by atoms with Gasteiger partial charge < -0.3 is 10.6 Å². The van der Waals surface area contributed by atoms with Crippen LogP contribution in [0.25, 0.3) is 0 Å². The number of rotatable bonds is 5. The molecule has 1 aromatic carbocycles. The molecule has 1 aliphatic carbocycles. The molecule has 1 heterocycles. The van der Waals surface area contributed by atoms with Gasteiger partial charge in [-0.3, -0.25) is 0 Å². The number of nitrogens with one attached hydrogen (secondary N) is 2. The third-order valence-corrected chi connectivity index (χ3v) is 3.89. The maximum absolute atomic E-state index is 6.19. The molecule has 0 radical (unpaired) electrons. The summed E-state index contributed by atoms with van der Waals surface area (Å²) in [5, 5.41) is 7.57. The van der Waals surface area contributed by atoms with Crippen LogP contribution in [0.2, 0.25) is 10.0 Å². The van der Waals surface area contributed by atoms with Crippen LogP contribution in [-0.4, -0.2) is 16.5 Å². The fourth-order valence-electron chi connectivity index (χ4n) is 2.07. The van der Waals surface area contributed by atoms with Crippen LogP contribution < -0.4 is 10.6 Å². The molecule has 2 aromatic rings. The Balaban J connectivity index is 1.93. The van der Waals surface area contributed by atoms with Crippen molar-refractivity contribution in [3.05, 3.63) is 40.1 Å². The molecule has 2 N–H and O–H groups in total. The topological polar surface area (TPSA) is 49.8 Å². The Hall–Kier alpha value is -1.52. The van der Waals surface area contributed by atoms with E-state index in [4.69, 9.17) is 23.2 Å². The van der Waals surface area contributed by atoms with Crippen LogP contribution in [-0.2, 0) is 0 Å². The lowest BCUT2D eigenvalue weighted by molar-refractivity contribution is 0.927. The van der Waals surface area contributed by atoms with Gasteiger partial charge in [-0.1, -0.05) is 29.3 Å². The SMILES string of the molecule is CCNc1cc(Nc2c(Cl)cccc2Cl)nc(C2CC2)n1. The first-order chi connectivity index (χ1) is 10.2. The van der Waals surface area contributed by atoms with Crippen molar-refractivity contribution in [1.29, 1.82) is 0 Å². The first-order valence-electron chi connectivity index (χ1n) is 7.01. The largest absolute Gasteiger partial charge is 0.370 e. The average Bonchev–Trinajstić information content (AvgIpc) is 3.28. The molecule has 1 aliphatic rings. The predicted molar refractivity (Wildman–Crippen MR) is 87.9 cm³/mol. The van der Waals surface area contributed by atoms with E-state index in [0.29, 0.717) is 27.5 Å². The van der Waals surface area contributed by atoms with Crippen LogP contribution >= 0.6 is 23.2 Å². The van der Waals surface area contributed by atoms with Crippen LogP contribution in [0.5, 0.6) is 0 Å².